The number of piperazine rings is 1. The van der Waals surface area contributed by atoms with Crippen molar-refractivity contribution < 1.29 is 0 Å². The van der Waals surface area contributed by atoms with Gasteiger partial charge in [-0.05, 0) is 37.1 Å². The number of nitrogens with zero attached hydrogens (tertiary/aromatic N) is 2. The van der Waals surface area contributed by atoms with Crippen LogP contribution < -0.4 is 10.2 Å². The largest absolute Gasteiger partial charge is 0.366 e. The minimum absolute atomic E-state index is 0.549. The van der Waals surface area contributed by atoms with Crippen LogP contribution in [-0.4, -0.2) is 30.7 Å². The molecule has 2 aromatic rings. The minimum atomic E-state index is 0.549. The number of aryl methyl sites for hydroxylation is 1. The van der Waals surface area contributed by atoms with E-state index in [1.807, 2.05) is 12.3 Å². The molecule has 104 valence electrons. The van der Waals surface area contributed by atoms with E-state index >= 15 is 0 Å². The molecule has 1 fully saturated rings. The number of hydrogen-bond acceptors (Lipinski definition) is 3. The predicted octanol–water partition coefficient (Wildman–Crippen LogP) is 2.49. The number of rotatable bonds is 4. The van der Waals surface area contributed by atoms with Crippen LogP contribution in [-0.2, 0) is 6.42 Å². The smallest absolute Gasteiger partial charge is 0.0418 e. The number of nitrogens with one attached hydrogen (secondary N) is 1. The second kappa shape index (κ2) is 6.53. The molecule has 0 saturated carbocycles. The van der Waals surface area contributed by atoms with Crippen LogP contribution in [0, 0.1) is 0 Å². The van der Waals surface area contributed by atoms with Crippen molar-refractivity contribution in [2.75, 3.05) is 24.5 Å². The number of benzene rings is 1. The van der Waals surface area contributed by atoms with E-state index in [2.05, 4.69) is 57.7 Å². The van der Waals surface area contributed by atoms with Crippen LogP contribution >= 0.6 is 0 Å². The Balaban J connectivity index is 1.67. The summed E-state index contributed by atoms with van der Waals surface area (Å²) in [6.07, 6.45) is 4.05. The first-order valence-corrected chi connectivity index (χ1v) is 7.36. The molecular formula is C17H21N3. The zero-order valence-corrected chi connectivity index (χ0v) is 11.7. The molecule has 1 aliphatic heterocycles. The van der Waals surface area contributed by atoms with E-state index in [0.29, 0.717) is 6.04 Å². The number of hydrogen-bond donors (Lipinski definition) is 1. The zero-order valence-electron chi connectivity index (χ0n) is 11.7. The Morgan fingerprint density at radius 3 is 2.75 bits per heavy atom. The van der Waals surface area contributed by atoms with Gasteiger partial charge in [0.25, 0.3) is 0 Å². The molecule has 3 nitrogen and oxygen atoms in total. The predicted molar refractivity (Wildman–Crippen MR) is 83.0 cm³/mol. The third kappa shape index (κ3) is 3.17. The summed E-state index contributed by atoms with van der Waals surface area (Å²) < 4.78 is 0. The van der Waals surface area contributed by atoms with Crippen LogP contribution in [0.15, 0.2) is 54.7 Å². The van der Waals surface area contributed by atoms with Gasteiger partial charge in [0.05, 0.1) is 0 Å². The Morgan fingerprint density at radius 2 is 1.95 bits per heavy atom. The lowest BCUT2D eigenvalue weighted by molar-refractivity contribution is 0.453. The van der Waals surface area contributed by atoms with Gasteiger partial charge >= 0.3 is 0 Å². The van der Waals surface area contributed by atoms with Crippen LogP contribution in [0.25, 0.3) is 0 Å². The molecule has 1 aromatic heterocycles. The molecule has 0 amide bonds. The topological polar surface area (TPSA) is 28.2 Å². The highest BCUT2D eigenvalue weighted by Crippen LogP contribution is 2.20. The molecule has 0 radical (unpaired) electrons. The summed E-state index contributed by atoms with van der Waals surface area (Å²) in [5.41, 5.74) is 2.52. The Hall–Kier alpha value is -1.87. The normalized spacial score (nSPS) is 19.0. The quantitative estimate of drug-likeness (QED) is 0.922. The summed E-state index contributed by atoms with van der Waals surface area (Å²) in [6, 6.07) is 17.4. The zero-order chi connectivity index (χ0) is 13.6. The number of anilines is 1. The first-order valence-electron chi connectivity index (χ1n) is 7.36. The van der Waals surface area contributed by atoms with E-state index in [0.717, 1.165) is 32.5 Å². The van der Waals surface area contributed by atoms with E-state index in [1.165, 1.54) is 11.4 Å². The highest BCUT2D eigenvalue weighted by Gasteiger charge is 2.22. The molecule has 3 heteroatoms. The maximum absolute atomic E-state index is 4.42. The van der Waals surface area contributed by atoms with Gasteiger partial charge in [-0.1, -0.05) is 24.3 Å². The van der Waals surface area contributed by atoms with Crippen molar-refractivity contribution in [3.63, 3.8) is 0 Å². The van der Waals surface area contributed by atoms with Crippen molar-refractivity contribution >= 4 is 5.69 Å². The fourth-order valence-corrected chi connectivity index (χ4v) is 2.84. The number of para-hydroxylation sites is 1. The highest BCUT2D eigenvalue weighted by atomic mass is 15.2. The molecule has 1 unspecified atom stereocenters. The Kier molecular flexibility index (Phi) is 4.28. The lowest BCUT2D eigenvalue weighted by Gasteiger charge is -2.38. The number of aromatic nitrogens is 1. The summed E-state index contributed by atoms with van der Waals surface area (Å²) in [6.45, 7) is 3.20. The van der Waals surface area contributed by atoms with Gasteiger partial charge in [-0.3, -0.25) is 4.98 Å². The van der Waals surface area contributed by atoms with Gasteiger partial charge in [-0.2, -0.15) is 0 Å². The summed E-state index contributed by atoms with van der Waals surface area (Å²) in [5.74, 6) is 0. The van der Waals surface area contributed by atoms with Gasteiger partial charge in [-0.15, -0.1) is 0 Å². The molecule has 1 aliphatic rings. The molecule has 3 rings (SSSR count). The van der Waals surface area contributed by atoms with Gasteiger partial charge in [0, 0.05) is 43.3 Å². The molecule has 1 N–H and O–H groups in total. The summed E-state index contributed by atoms with van der Waals surface area (Å²) in [4.78, 5) is 6.95. The van der Waals surface area contributed by atoms with Crippen LogP contribution in [0.2, 0.25) is 0 Å². The molecule has 20 heavy (non-hydrogen) atoms. The molecular weight excluding hydrogens is 246 g/mol. The first-order chi connectivity index (χ1) is 9.93. The van der Waals surface area contributed by atoms with Gasteiger partial charge in [0.2, 0.25) is 0 Å². The summed E-state index contributed by atoms with van der Waals surface area (Å²) >= 11 is 0. The van der Waals surface area contributed by atoms with E-state index in [-0.39, 0.29) is 0 Å². The standard InChI is InChI=1S/C17H21N3/c1-2-7-16(8-3-1)20-13-12-18-14-17(20)10-9-15-6-4-5-11-19-15/h1-8,11,17-18H,9-10,12-14H2. The summed E-state index contributed by atoms with van der Waals surface area (Å²) in [5, 5.41) is 3.51. The lowest BCUT2D eigenvalue weighted by atomic mass is 10.0. The maximum atomic E-state index is 4.42. The van der Waals surface area contributed by atoms with Gasteiger partial charge in [0.1, 0.15) is 0 Å². The molecule has 1 saturated heterocycles. The molecule has 0 spiro atoms. The molecule has 0 aliphatic carbocycles. The third-order valence-electron chi connectivity index (χ3n) is 3.90. The minimum Gasteiger partial charge on any atom is -0.366 e. The third-order valence-corrected chi connectivity index (χ3v) is 3.90. The van der Waals surface area contributed by atoms with Crippen molar-refractivity contribution in [3.05, 3.63) is 60.4 Å². The van der Waals surface area contributed by atoms with E-state index in [1.54, 1.807) is 0 Å². The van der Waals surface area contributed by atoms with Crippen molar-refractivity contribution in [1.29, 1.82) is 0 Å². The molecule has 2 heterocycles. The lowest BCUT2D eigenvalue weighted by Crippen LogP contribution is -2.51. The summed E-state index contributed by atoms with van der Waals surface area (Å²) in [7, 11) is 0. The van der Waals surface area contributed by atoms with Crippen molar-refractivity contribution in [3.8, 4) is 0 Å². The second-order valence-corrected chi connectivity index (χ2v) is 5.25. The maximum Gasteiger partial charge on any atom is 0.0418 e. The Morgan fingerprint density at radius 1 is 1.10 bits per heavy atom. The van der Waals surface area contributed by atoms with Gasteiger partial charge in [0.15, 0.2) is 0 Å². The van der Waals surface area contributed by atoms with Crippen LogP contribution in [0.5, 0.6) is 0 Å². The number of pyridine rings is 1. The average molecular weight is 267 g/mol. The van der Waals surface area contributed by atoms with Crippen molar-refractivity contribution in [1.82, 2.24) is 10.3 Å². The fourth-order valence-electron chi connectivity index (χ4n) is 2.84. The van der Waals surface area contributed by atoms with E-state index < -0.39 is 0 Å². The first kappa shape index (κ1) is 13.1. The molecule has 1 atom stereocenters. The van der Waals surface area contributed by atoms with Gasteiger partial charge in [-0.25, -0.2) is 0 Å². The van der Waals surface area contributed by atoms with Crippen LogP contribution in [0.1, 0.15) is 12.1 Å². The second-order valence-electron chi connectivity index (χ2n) is 5.25. The Labute approximate surface area is 120 Å². The Bertz CT molecular complexity index is 512. The average Bonchev–Trinajstić information content (AvgIpc) is 2.55. The van der Waals surface area contributed by atoms with Crippen molar-refractivity contribution in [2.45, 2.75) is 18.9 Å². The molecule has 1 aromatic carbocycles. The SMILES string of the molecule is c1ccc(N2CCNCC2CCc2ccccn2)cc1. The van der Waals surface area contributed by atoms with E-state index in [4.69, 9.17) is 0 Å². The van der Waals surface area contributed by atoms with Crippen molar-refractivity contribution in [2.24, 2.45) is 0 Å². The fraction of sp³-hybridized carbons (Fsp3) is 0.353. The van der Waals surface area contributed by atoms with E-state index in [9.17, 15) is 0 Å². The van der Waals surface area contributed by atoms with Gasteiger partial charge < -0.3 is 10.2 Å². The van der Waals surface area contributed by atoms with Crippen LogP contribution in [0.4, 0.5) is 5.69 Å². The molecule has 0 bridgehead atoms. The highest BCUT2D eigenvalue weighted by molar-refractivity contribution is 5.47. The monoisotopic (exact) mass is 267 g/mol. The van der Waals surface area contributed by atoms with Crippen LogP contribution in [0.3, 0.4) is 0 Å².